The first-order valence-electron chi connectivity index (χ1n) is 6.51. The lowest BCUT2D eigenvalue weighted by molar-refractivity contribution is -0.137. The van der Waals surface area contributed by atoms with Crippen LogP contribution in [0.5, 0.6) is 5.75 Å². The zero-order valence-electron chi connectivity index (χ0n) is 11.6. The lowest BCUT2D eigenvalue weighted by atomic mass is 10.0. The van der Waals surface area contributed by atoms with Crippen LogP contribution in [0.2, 0.25) is 10.0 Å². The normalized spacial score (nSPS) is 11.9. The van der Waals surface area contributed by atoms with Gasteiger partial charge >= 0.3 is 6.18 Å². The molecule has 0 aliphatic heterocycles. The number of hydrogen-bond acceptors (Lipinski definition) is 3. The summed E-state index contributed by atoms with van der Waals surface area (Å²) in [5.74, 6) is -2.21. The van der Waals surface area contributed by atoms with Crippen molar-refractivity contribution in [2.75, 3.05) is 0 Å². The molecule has 1 N–H and O–H groups in total. The van der Waals surface area contributed by atoms with Crippen molar-refractivity contribution < 1.29 is 27.5 Å². The number of carbonyl (C=O) groups excluding carboxylic acids is 1. The summed E-state index contributed by atoms with van der Waals surface area (Å²) < 4.78 is 45.4. The van der Waals surface area contributed by atoms with E-state index < -0.39 is 23.3 Å². The van der Waals surface area contributed by atoms with Gasteiger partial charge in [0.2, 0.25) is 5.78 Å². The Labute approximate surface area is 143 Å². The van der Waals surface area contributed by atoms with E-state index in [9.17, 15) is 23.1 Å². The minimum Gasteiger partial charge on any atom is -0.508 e. The standard InChI is InChI=1S/C16H7Cl2F3O3/c17-7-1-3-9(11(18)5-7)14(23)15-13(16(19,20)21)10-4-2-8(22)6-12(10)24-15/h1-6,22H. The number of benzene rings is 2. The Balaban J connectivity index is 2.27. The lowest BCUT2D eigenvalue weighted by Crippen LogP contribution is -2.12. The number of fused-ring (bicyclic) bond motifs is 1. The largest absolute Gasteiger partial charge is 0.508 e. The van der Waals surface area contributed by atoms with Gasteiger partial charge in [0.1, 0.15) is 16.9 Å². The number of phenols is 1. The van der Waals surface area contributed by atoms with Crippen molar-refractivity contribution in [1.82, 2.24) is 0 Å². The smallest absolute Gasteiger partial charge is 0.420 e. The molecule has 0 aliphatic rings. The van der Waals surface area contributed by atoms with Gasteiger partial charge in [0.25, 0.3) is 0 Å². The minimum atomic E-state index is -4.83. The number of hydrogen-bond donors (Lipinski definition) is 1. The van der Waals surface area contributed by atoms with Crippen molar-refractivity contribution in [1.29, 1.82) is 0 Å². The van der Waals surface area contributed by atoms with Gasteiger partial charge in [-0.2, -0.15) is 13.2 Å². The van der Waals surface area contributed by atoms with E-state index >= 15 is 0 Å². The molecule has 2 aromatic carbocycles. The van der Waals surface area contributed by atoms with Gasteiger partial charge in [-0.3, -0.25) is 4.79 Å². The predicted molar refractivity (Wildman–Crippen MR) is 82.8 cm³/mol. The summed E-state index contributed by atoms with van der Waals surface area (Å²) in [7, 11) is 0. The second-order valence-corrected chi connectivity index (χ2v) is 5.78. The number of ketones is 1. The molecule has 3 nitrogen and oxygen atoms in total. The second-order valence-electron chi connectivity index (χ2n) is 4.94. The average Bonchev–Trinajstić information content (AvgIpc) is 2.85. The van der Waals surface area contributed by atoms with E-state index in [1.54, 1.807) is 0 Å². The molecule has 1 heterocycles. The average molecular weight is 375 g/mol. The van der Waals surface area contributed by atoms with Crippen LogP contribution in [0.4, 0.5) is 13.2 Å². The molecule has 3 rings (SSSR count). The first-order chi connectivity index (χ1) is 11.2. The van der Waals surface area contributed by atoms with E-state index in [4.69, 9.17) is 27.6 Å². The summed E-state index contributed by atoms with van der Waals surface area (Å²) in [6.07, 6.45) is -4.83. The lowest BCUT2D eigenvalue weighted by Gasteiger charge is -2.08. The van der Waals surface area contributed by atoms with Gasteiger partial charge in [-0.05, 0) is 30.3 Å². The number of rotatable bonds is 2. The van der Waals surface area contributed by atoms with Crippen LogP contribution < -0.4 is 0 Å². The van der Waals surface area contributed by atoms with E-state index in [1.165, 1.54) is 18.2 Å². The van der Waals surface area contributed by atoms with Gasteiger partial charge in [-0.25, -0.2) is 0 Å². The van der Waals surface area contributed by atoms with Crippen molar-refractivity contribution in [2.24, 2.45) is 0 Å². The van der Waals surface area contributed by atoms with Crippen molar-refractivity contribution >= 4 is 40.0 Å². The van der Waals surface area contributed by atoms with Crippen molar-refractivity contribution in [3.63, 3.8) is 0 Å². The quantitative estimate of drug-likeness (QED) is 0.585. The Hall–Kier alpha value is -2.18. The molecule has 0 aliphatic carbocycles. The Morgan fingerprint density at radius 2 is 1.79 bits per heavy atom. The Kier molecular flexibility index (Phi) is 3.97. The fraction of sp³-hybridized carbons (Fsp3) is 0.0625. The highest BCUT2D eigenvalue weighted by Crippen LogP contribution is 2.41. The molecular formula is C16H7Cl2F3O3. The molecule has 0 saturated carbocycles. The molecule has 8 heteroatoms. The van der Waals surface area contributed by atoms with Crippen molar-refractivity contribution in [3.8, 4) is 5.75 Å². The summed E-state index contributed by atoms with van der Waals surface area (Å²) >= 11 is 11.6. The van der Waals surface area contributed by atoms with Crippen LogP contribution >= 0.6 is 23.2 Å². The van der Waals surface area contributed by atoms with Crippen molar-refractivity contribution in [2.45, 2.75) is 6.18 Å². The summed E-state index contributed by atoms with van der Waals surface area (Å²) in [4.78, 5) is 12.5. The van der Waals surface area contributed by atoms with Gasteiger partial charge in [-0.1, -0.05) is 23.2 Å². The monoisotopic (exact) mass is 374 g/mol. The van der Waals surface area contributed by atoms with E-state index in [2.05, 4.69) is 0 Å². The topological polar surface area (TPSA) is 50.4 Å². The Morgan fingerprint density at radius 1 is 1.08 bits per heavy atom. The summed E-state index contributed by atoms with van der Waals surface area (Å²) in [6.45, 7) is 0. The van der Waals surface area contributed by atoms with Gasteiger partial charge in [0.15, 0.2) is 5.76 Å². The fourth-order valence-electron chi connectivity index (χ4n) is 2.32. The highest BCUT2D eigenvalue weighted by molar-refractivity contribution is 6.37. The number of carbonyl (C=O) groups is 1. The second kappa shape index (κ2) is 5.72. The van der Waals surface area contributed by atoms with Gasteiger partial charge in [0, 0.05) is 22.0 Å². The molecule has 0 fully saturated rings. The molecule has 124 valence electrons. The van der Waals surface area contributed by atoms with E-state index in [-0.39, 0.29) is 32.3 Å². The third-order valence-corrected chi connectivity index (χ3v) is 3.89. The molecule has 3 aromatic rings. The number of phenolic OH excluding ortho intramolecular Hbond substituents is 1. The molecule has 0 atom stereocenters. The van der Waals surface area contributed by atoms with Crippen LogP contribution in [-0.4, -0.2) is 10.9 Å². The third kappa shape index (κ3) is 2.83. The Morgan fingerprint density at radius 3 is 2.42 bits per heavy atom. The minimum absolute atomic E-state index is 0.0936. The van der Waals surface area contributed by atoms with Gasteiger partial charge < -0.3 is 9.52 Å². The molecule has 0 bridgehead atoms. The zero-order chi connectivity index (χ0) is 17.6. The molecule has 0 unspecified atom stereocenters. The van der Waals surface area contributed by atoms with E-state index in [0.29, 0.717) is 0 Å². The summed E-state index contributed by atoms with van der Waals surface area (Å²) in [6, 6.07) is 6.93. The zero-order valence-corrected chi connectivity index (χ0v) is 13.1. The van der Waals surface area contributed by atoms with Crippen LogP contribution in [0.3, 0.4) is 0 Å². The number of aromatic hydroxyl groups is 1. The van der Waals surface area contributed by atoms with E-state index in [1.807, 2.05) is 0 Å². The maximum Gasteiger partial charge on any atom is 0.420 e. The van der Waals surface area contributed by atoms with Gasteiger partial charge in [0.05, 0.1) is 5.02 Å². The first-order valence-corrected chi connectivity index (χ1v) is 7.26. The van der Waals surface area contributed by atoms with Crippen LogP contribution in [0, 0.1) is 0 Å². The molecule has 0 radical (unpaired) electrons. The van der Waals surface area contributed by atoms with Crippen LogP contribution in [0.15, 0.2) is 40.8 Å². The van der Waals surface area contributed by atoms with Crippen LogP contribution in [0.25, 0.3) is 11.0 Å². The summed E-state index contributed by atoms with van der Waals surface area (Å²) in [5, 5.41) is 9.22. The maximum atomic E-state index is 13.4. The maximum absolute atomic E-state index is 13.4. The first kappa shape index (κ1) is 16.7. The SMILES string of the molecule is O=C(c1ccc(Cl)cc1Cl)c1oc2cc(O)ccc2c1C(F)(F)F. The third-order valence-electron chi connectivity index (χ3n) is 3.34. The highest BCUT2D eigenvalue weighted by atomic mass is 35.5. The van der Waals surface area contributed by atoms with Crippen LogP contribution in [0.1, 0.15) is 21.7 Å². The molecule has 24 heavy (non-hydrogen) atoms. The van der Waals surface area contributed by atoms with E-state index in [0.717, 1.165) is 18.2 Å². The van der Waals surface area contributed by atoms with Gasteiger partial charge in [-0.15, -0.1) is 0 Å². The highest BCUT2D eigenvalue weighted by Gasteiger charge is 2.41. The molecule has 0 saturated heterocycles. The predicted octanol–water partition coefficient (Wildman–Crippen LogP) is 5.70. The number of halogens is 5. The Bertz CT molecular complexity index is 961. The van der Waals surface area contributed by atoms with Crippen molar-refractivity contribution in [3.05, 3.63) is 63.3 Å². The number of furan rings is 1. The molecular weight excluding hydrogens is 368 g/mol. The fourth-order valence-corrected chi connectivity index (χ4v) is 2.82. The summed E-state index contributed by atoms with van der Waals surface area (Å²) in [5.41, 5.74) is -1.64. The molecule has 0 spiro atoms. The molecule has 0 amide bonds. The molecule has 1 aromatic heterocycles. The number of alkyl halides is 3. The van der Waals surface area contributed by atoms with Crippen LogP contribution in [-0.2, 0) is 6.18 Å².